The third kappa shape index (κ3) is 4.50. The van der Waals surface area contributed by atoms with E-state index in [-0.39, 0.29) is 0 Å². The molecule has 5 heterocycles. The molecule has 5 rings (SSSR count). The van der Waals surface area contributed by atoms with Crippen LogP contribution in [0.2, 0.25) is 0 Å². The van der Waals surface area contributed by atoms with E-state index in [1.807, 2.05) is 61.0 Å². The highest BCUT2D eigenvalue weighted by atomic mass is 15.3. The summed E-state index contributed by atoms with van der Waals surface area (Å²) < 4.78 is 3.65. The molecule has 0 radical (unpaired) electrons. The van der Waals surface area contributed by atoms with E-state index >= 15 is 0 Å². The van der Waals surface area contributed by atoms with Crippen molar-refractivity contribution >= 4 is 17.1 Å². The van der Waals surface area contributed by atoms with Gasteiger partial charge in [0.2, 0.25) is 0 Å². The van der Waals surface area contributed by atoms with Crippen LogP contribution in [0.3, 0.4) is 0 Å². The highest BCUT2D eigenvalue weighted by Gasteiger charge is 1.98. The second kappa shape index (κ2) is 8.30. The van der Waals surface area contributed by atoms with E-state index < -0.39 is 0 Å². The van der Waals surface area contributed by atoms with Crippen LogP contribution in [0, 0.1) is 27.7 Å². The fourth-order valence-corrected chi connectivity index (χ4v) is 2.73. The molecule has 0 spiro atoms. The average Bonchev–Trinajstić information content (AvgIpc) is 3.37. The summed E-state index contributed by atoms with van der Waals surface area (Å²) in [4.78, 5) is 8.59. The van der Waals surface area contributed by atoms with Crippen LogP contribution in [0.25, 0.3) is 11.3 Å². The van der Waals surface area contributed by atoms with Gasteiger partial charge in [-0.1, -0.05) is 0 Å². The van der Waals surface area contributed by atoms with Crippen molar-refractivity contribution in [2.75, 3.05) is 5.73 Å². The summed E-state index contributed by atoms with van der Waals surface area (Å²) in [6, 6.07) is 9.53. The van der Waals surface area contributed by atoms with Gasteiger partial charge in [-0.15, -0.1) is 0 Å². The van der Waals surface area contributed by atoms with Crippen molar-refractivity contribution in [1.29, 1.82) is 0 Å². The van der Waals surface area contributed by atoms with Crippen molar-refractivity contribution in [2.24, 2.45) is 0 Å². The predicted molar refractivity (Wildman–Crippen MR) is 108 cm³/mol. The standard InChI is InChI=1S/2C8H9N3.C3H5N3/c2*1-6-5-7(2)11-8(10-6)3-4-9-11;4-3-1-2-5-6-3/h2*3-5H,1-2H3;1-2H,(H3,4,5,6). The average molecular weight is 377 g/mol. The van der Waals surface area contributed by atoms with Crippen molar-refractivity contribution in [3.05, 3.63) is 71.7 Å². The van der Waals surface area contributed by atoms with Gasteiger partial charge in [-0.3, -0.25) is 5.10 Å². The summed E-state index contributed by atoms with van der Waals surface area (Å²) in [5, 5.41) is 14.3. The van der Waals surface area contributed by atoms with Gasteiger partial charge < -0.3 is 5.73 Å². The summed E-state index contributed by atoms with van der Waals surface area (Å²) in [7, 11) is 0. The second-order valence-corrected chi connectivity index (χ2v) is 6.29. The molecule has 9 nitrogen and oxygen atoms in total. The Labute approximate surface area is 162 Å². The van der Waals surface area contributed by atoms with Gasteiger partial charge in [-0.25, -0.2) is 19.0 Å². The highest BCUT2D eigenvalue weighted by molar-refractivity contribution is 5.39. The minimum Gasteiger partial charge on any atom is -0.384 e. The largest absolute Gasteiger partial charge is 0.384 e. The molecule has 0 aliphatic carbocycles. The van der Waals surface area contributed by atoms with Crippen molar-refractivity contribution in [3.63, 3.8) is 0 Å². The minimum absolute atomic E-state index is 0.606. The van der Waals surface area contributed by atoms with E-state index in [2.05, 4.69) is 30.4 Å². The van der Waals surface area contributed by atoms with E-state index in [1.54, 1.807) is 24.7 Å². The van der Waals surface area contributed by atoms with Crippen LogP contribution >= 0.6 is 0 Å². The summed E-state index contributed by atoms with van der Waals surface area (Å²) in [6.07, 6.45) is 5.12. The Kier molecular flexibility index (Phi) is 5.64. The predicted octanol–water partition coefficient (Wildman–Crippen LogP) is 2.68. The lowest BCUT2D eigenvalue weighted by molar-refractivity contribution is 0.886. The molecule has 0 atom stereocenters. The van der Waals surface area contributed by atoms with Crippen molar-refractivity contribution in [2.45, 2.75) is 27.7 Å². The Balaban J connectivity index is 0.000000126. The van der Waals surface area contributed by atoms with Gasteiger partial charge in [0.25, 0.3) is 0 Å². The number of aromatic nitrogens is 8. The molecule has 5 aromatic rings. The van der Waals surface area contributed by atoms with Crippen LogP contribution in [0.5, 0.6) is 0 Å². The first kappa shape index (κ1) is 19.0. The maximum absolute atomic E-state index is 5.16. The molecule has 0 aromatic carbocycles. The van der Waals surface area contributed by atoms with Gasteiger partial charge >= 0.3 is 0 Å². The fraction of sp³-hybridized carbons (Fsp3) is 0.211. The number of nitrogen functional groups attached to an aromatic ring is 1. The molecular formula is C19H23N9. The Bertz CT molecular complexity index is 1090. The van der Waals surface area contributed by atoms with Gasteiger partial charge in [-0.2, -0.15) is 15.3 Å². The molecule has 0 fully saturated rings. The molecule has 0 saturated carbocycles. The maximum atomic E-state index is 5.16. The zero-order valence-corrected chi connectivity index (χ0v) is 16.3. The number of hydrogen-bond donors (Lipinski definition) is 2. The third-order valence-corrected chi connectivity index (χ3v) is 3.85. The maximum Gasteiger partial charge on any atom is 0.155 e. The monoisotopic (exact) mass is 377 g/mol. The molecule has 0 aliphatic heterocycles. The van der Waals surface area contributed by atoms with Crippen molar-refractivity contribution < 1.29 is 0 Å². The number of H-pyrrole nitrogens is 1. The summed E-state index contributed by atoms with van der Waals surface area (Å²) >= 11 is 0. The van der Waals surface area contributed by atoms with Gasteiger partial charge in [0.15, 0.2) is 11.3 Å². The highest BCUT2D eigenvalue weighted by Crippen LogP contribution is 2.05. The van der Waals surface area contributed by atoms with Gasteiger partial charge in [0, 0.05) is 34.9 Å². The van der Waals surface area contributed by atoms with E-state index in [9.17, 15) is 0 Å². The number of fused-ring (bicyclic) bond motifs is 2. The topological polar surface area (TPSA) is 115 Å². The number of anilines is 1. The number of aromatic amines is 1. The van der Waals surface area contributed by atoms with Gasteiger partial charge in [0.05, 0.1) is 18.6 Å². The lowest BCUT2D eigenvalue weighted by Crippen LogP contribution is -1.96. The number of nitrogens with one attached hydrogen (secondary N) is 1. The van der Waals surface area contributed by atoms with Crippen LogP contribution in [-0.4, -0.2) is 39.4 Å². The number of aryl methyl sites for hydroxylation is 4. The first-order valence-electron chi connectivity index (χ1n) is 8.75. The Morgan fingerprint density at radius 1 is 0.750 bits per heavy atom. The molecule has 0 aliphatic rings. The molecule has 3 N–H and O–H groups in total. The molecule has 28 heavy (non-hydrogen) atoms. The summed E-state index contributed by atoms with van der Waals surface area (Å²) in [5.74, 6) is 0.606. The Morgan fingerprint density at radius 3 is 1.61 bits per heavy atom. The molecule has 0 bridgehead atoms. The number of rotatable bonds is 0. The summed E-state index contributed by atoms with van der Waals surface area (Å²) in [5.41, 5.74) is 11.3. The lowest BCUT2D eigenvalue weighted by Gasteiger charge is -1.98. The van der Waals surface area contributed by atoms with E-state index in [4.69, 9.17) is 5.73 Å². The van der Waals surface area contributed by atoms with E-state index in [1.165, 1.54) is 0 Å². The molecule has 0 unspecified atom stereocenters. The lowest BCUT2D eigenvalue weighted by atomic mass is 10.3. The van der Waals surface area contributed by atoms with Crippen LogP contribution in [0.4, 0.5) is 5.82 Å². The zero-order chi connectivity index (χ0) is 20.1. The van der Waals surface area contributed by atoms with E-state index in [0.717, 1.165) is 34.1 Å². The normalized spacial score (nSPS) is 10.3. The van der Waals surface area contributed by atoms with E-state index in [0.29, 0.717) is 5.82 Å². The van der Waals surface area contributed by atoms with Crippen LogP contribution in [-0.2, 0) is 0 Å². The summed E-state index contributed by atoms with van der Waals surface area (Å²) in [6.45, 7) is 8.02. The quantitative estimate of drug-likeness (QED) is 0.429. The number of nitrogens with two attached hydrogens (primary N) is 1. The Hall–Kier alpha value is -3.75. The number of nitrogens with zero attached hydrogens (tertiary/aromatic N) is 7. The molecule has 0 amide bonds. The van der Waals surface area contributed by atoms with Crippen molar-refractivity contribution in [1.82, 2.24) is 39.4 Å². The van der Waals surface area contributed by atoms with Gasteiger partial charge in [0.1, 0.15) is 5.82 Å². The second-order valence-electron chi connectivity index (χ2n) is 6.29. The molecular weight excluding hydrogens is 354 g/mol. The van der Waals surface area contributed by atoms with Gasteiger partial charge in [-0.05, 0) is 45.9 Å². The molecule has 0 saturated heterocycles. The first-order chi connectivity index (χ1) is 13.4. The van der Waals surface area contributed by atoms with Crippen LogP contribution < -0.4 is 5.73 Å². The molecule has 5 aromatic heterocycles. The smallest absolute Gasteiger partial charge is 0.155 e. The third-order valence-electron chi connectivity index (χ3n) is 3.85. The fourth-order valence-electron chi connectivity index (χ4n) is 2.73. The Morgan fingerprint density at radius 2 is 1.25 bits per heavy atom. The van der Waals surface area contributed by atoms with Crippen molar-refractivity contribution in [3.8, 4) is 0 Å². The van der Waals surface area contributed by atoms with Crippen LogP contribution in [0.1, 0.15) is 22.8 Å². The first-order valence-corrected chi connectivity index (χ1v) is 8.75. The number of hydrogen-bond acceptors (Lipinski definition) is 6. The SMILES string of the molecule is Cc1cc(C)n2nccc2n1.Cc1cc(C)n2nccc2n1.Nc1ccn[nH]1. The molecule has 144 valence electrons. The minimum atomic E-state index is 0.606. The zero-order valence-electron chi connectivity index (χ0n) is 16.3. The molecule has 9 heteroatoms. The van der Waals surface area contributed by atoms with Crippen LogP contribution in [0.15, 0.2) is 48.9 Å².